The van der Waals surface area contributed by atoms with E-state index >= 15 is 0 Å². The van der Waals surface area contributed by atoms with Crippen molar-refractivity contribution in [3.8, 4) is 0 Å². The topological polar surface area (TPSA) is 58.1 Å². The number of benzene rings is 1. The maximum atomic E-state index is 14.1. The van der Waals surface area contributed by atoms with E-state index in [0.717, 1.165) is 42.2 Å². The first kappa shape index (κ1) is 25.4. The van der Waals surface area contributed by atoms with Gasteiger partial charge in [-0.25, -0.2) is 8.78 Å². The number of carbonyl (C=O) groups excluding carboxylic acids is 1. The van der Waals surface area contributed by atoms with E-state index in [2.05, 4.69) is 15.3 Å². The molecule has 37 heavy (non-hydrogen) atoms. The molecule has 5 nitrogen and oxygen atoms in total. The van der Waals surface area contributed by atoms with Crippen LogP contribution in [0.2, 0.25) is 0 Å². The lowest BCUT2D eigenvalue weighted by Gasteiger charge is -2.35. The quantitative estimate of drug-likeness (QED) is 0.353. The first-order valence-corrected chi connectivity index (χ1v) is 12.4. The van der Waals surface area contributed by atoms with Gasteiger partial charge in [0.2, 0.25) is 11.8 Å². The monoisotopic (exact) mass is 518 g/mol. The van der Waals surface area contributed by atoms with Gasteiger partial charge in [0.05, 0.1) is 22.9 Å². The fraction of sp³-hybridized carbons (Fsp3) is 0.444. The molecule has 5 rings (SSSR count). The van der Waals surface area contributed by atoms with E-state index in [1.165, 1.54) is 24.3 Å². The third-order valence-corrected chi connectivity index (χ3v) is 7.27. The molecule has 1 atom stereocenters. The Kier molecular flexibility index (Phi) is 6.53. The molecule has 196 valence electrons. The minimum Gasteiger partial charge on any atom is -0.354 e. The highest BCUT2D eigenvalue weighted by Gasteiger charge is 2.47. The molecule has 10 heteroatoms. The zero-order valence-corrected chi connectivity index (χ0v) is 20.2. The largest absolute Gasteiger partial charge is 0.413 e. The third-order valence-electron chi connectivity index (χ3n) is 7.27. The van der Waals surface area contributed by atoms with E-state index in [0.29, 0.717) is 16.5 Å². The number of aromatic nitrogens is 2. The third kappa shape index (κ3) is 5.38. The van der Waals surface area contributed by atoms with Crippen molar-refractivity contribution in [2.45, 2.75) is 62.6 Å². The Hall–Kier alpha value is -3.30. The van der Waals surface area contributed by atoms with E-state index < -0.39 is 42.8 Å². The van der Waals surface area contributed by atoms with Crippen LogP contribution < -0.4 is 5.32 Å². The highest BCUT2D eigenvalue weighted by molar-refractivity contribution is 5.85. The number of alkyl halides is 5. The number of amides is 1. The van der Waals surface area contributed by atoms with Crippen LogP contribution in [0.25, 0.3) is 11.0 Å². The minimum absolute atomic E-state index is 0.101. The molecule has 2 fully saturated rings. The van der Waals surface area contributed by atoms with Gasteiger partial charge in [-0.2, -0.15) is 13.2 Å². The lowest BCUT2D eigenvalue weighted by atomic mass is 9.85. The molecule has 3 aromatic rings. The molecule has 2 saturated carbocycles. The number of nitrogens with one attached hydrogen (secondary N) is 1. The Morgan fingerprint density at radius 2 is 1.73 bits per heavy atom. The van der Waals surface area contributed by atoms with Crippen molar-refractivity contribution in [2.24, 2.45) is 5.92 Å². The van der Waals surface area contributed by atoms with Crippen molar-refractivity contribution in [1.29, 1.82) is 0 Å². The second kappa shape index (κ2) is 9.54. The normalized spacial score (nSPS) is 19.0. The molecule has 0 unspecified atom stereocenters. The number of fused-ring (bicyclic) bond motifs is 1. The molecular formula is C27H27F5N4O. The summed E-state index contributed by atoms with van der Waals surface area (Å²) in [5.41, 5.74) is 3.88. The van der Waals surface area contributed by atoms with Crippen molar-refractivity contribution in [3.05, 3.63) is 59.9 Å². The van der Waals surface area contributed by atoms with Crippen LogP contribution in [0.1, 0.15) is 61.6 Å². The SMILES string of the molecule is CN(C(=O)C1CCC(F)(F)CC1)[C@@H](c1ccc(Nc2cnc3cccnc3c2C2CC2)cc1)C(F)(F)F. The summed E-state index contributed by atoms with van der Waals surface area (Å²) >= 11 is 0. The van der Waals surface area contributed by atoms with Crippen molar-refractivity contribution in [1.82, 2.24) is 14.9 Å². The van der Waals surface area contributed by atoms with Crippen molar-refractivity contribution < 1.29 is 26.7 Å². The van der Waals surface area contributed by atoms with Crippen molar-refractivity contribution in [2.75, 3.05) is 12.4 Å². The van der Waals surface area contributed by atoms with Gasteiger partial charge in [-0.1, -0.05) is 12.1 Å². The number of rotatable bonds is 6. The summed E-state index contributed by atoms with van der Waals surface area (Å²) < 4.78 is 69.3. The Morgan fingerprint density at radius 1 is 1.05 bits per heavy atom. The molecule has 1 N–H and O–H groups in total. The molecule has 2 heterocycles. The summed E-state index contributed by atoms with van der Waals surface area (Å²) in [6.45, 7) is 0. The van der Waals surface area contributed by atoms with Gasteiger partial charge in [0.25, 0.3) is 0 Å². The minimum atomic E-state index is -4.73. The molecule has 0 aliphatic heterocycles. The highest BCUT2D eigenvalue weighted by atomic mass is 19.4. The second-order valence-electron chi connectivity index (χ2n) is 10.0. The summed E-state index contributed by atoms with van der Waals surface area (Å²) in [5.74, 6) is -4.11. The number of anilines is 2. The van der Waals surface area contributed by atoms with Gasteiger partial charge < -0.3 is 10.2 Å². The van der Waals surface area contributed by atoms with Crippen LogP contribution in [0, 0.1) is 5.92 Å². The first-order chi connectivity index (χ1) is 17.5. The highest BCUT2D eigenvalue weighted by Crippen LogP contribution is 2.46. The van der Waals surface area contributed by atoms with E-state index in [9.17, 15) is 26.7 Å². The number of carbonyl (C=O) groups is 1. The van der Waals surface area contributed by atoms with Gasteiger partial charge in [-0.3, -0.25) is 14.8 Å². The summed E-state index contributed by atoms with van der Waals surface area (Å²) in [6, 6.07) is 7.27. The standard InChI is InChI=1S/C27H27F5N4O/c1-36(25(37)18-10-12-26(28,29)13-11-18)24(27(30,31)32)17-6-8-19(9-7-17)35-21-15-34-20-3-2-14-33-23(20)22(21)16-4-5-16/h2-3,6-9,14-16,18,24,35H,4-5,10-13H2,1H3/t24-/m0/s1. The van der Waals surface area contributed by atoms with Gasteiger partial charge in [-0.05, 0) is 61.4 Å². The lowest BCUT2D eigenvalue weighted by molar-refractivity contribution is -0.191. The van der Waals surface area contributed by atoms with E-state index in [4.69, 9.17) is 0 Å². The van der Waals surface area contributed by atoms with Gasteiger partial charge in [-0.15, -0.1) is 0 Å². The maximum Gasteiger partial charge on any atom is 0.413 e. The molecule has 0 spiro atoms. The van der Waals surface area contributed by atoms with Crippen molar-refractivity contribution >= 4 is 28.3 Å². The van der Waals surface area contributed by atoms with Crippen LogP contribution in [-0.2, 0) is 4.79 Å². The van der Waals surface area contributed by atoms with Gasteiger partial charge in [0.15, 0.2) is 6.04 Å². The molecule has 2 aliphatic carbocycles. The Balaban J connectivity index is 1.37. The average molecular weight is 519 g/mol. The molecule has 0 bridgehead atoms. The number of nitrogens with zero attached hydrogens (tertiary/aromatic N) is 3. The number of pyridine rings is 2. The number of halogens is 5. The summed E-state index contributed by atoms with van der Waals surface area (Å²) in [4.78, 5) is 22.4. The van der Waals surface area contributed by atoms with Gasteiger partial charge in [0, 0.05) is 43.3 Å². The Morgan fingerprint density at radius 3 is 2.35 bits per heavy atom. The van der Waals surface area contributed by atoms with E-state index in [1.807, 2.05) is 12.1 Å². The van der Waals surface area contributed by atoms with Crippen LogP contribution in [0.5, 0.6) is 0 Å². The number of hydrogen-bond donors (Lipinski definition) is 1. The molecular weight excluding hydrogens is 491 g/mol. The Labute approximate surface area is 211 Å². The van der Waals surface area contributed by atoms with Gasteiger partial charge in [0.1, 0.15) is 0 Å². The molecule has 0 radical (unpaired) electrons. The maximum absolute atomic E-state index is 14.1. The predicted octanol–water partition coefficient (Wildman–Crippen LogP) is 7.14. The zero-order chi connectivity index (χ0) is 26.4. The number of hydrogen-bond acceptors (Lipinski definition) is 4. The fourth-order valence-corrected chi connectivity index (χ4v) is 5.16. The molecule has 1 amide bonds. The van der Waals surface area contributed by atoms with Gasteiger partial charge >= 0.3 is 6.18 Å². The molecule has 2 aliphatic rings. The van der Waals surface area contributed by atoms with Crippen LogP contribution >= 0.6 is 0 Å². The molecule has 0 saturated heterocycles. The van der Waals surface area contributed by atoms with Crippen molar-refractivity contribution in [3.63, 3.8) is 0 Å². The van der Waals surface area contributed by atoms with Crippen LogP contribution in [0.3, 0.4) is 0 Å². The Bertz CT molecular complexity index is 1280. The van der Waals surface area contributed by atoms with Crippen LogP contribution in [0.4, 0.5) is 33.3 Å². The smallest absolute Gasteiger partial charge is 0.354 e. The molecule has 1 aromatic carbocycles. The fourth-order valence-electron chi connectivity index (χ4n) is 5.16. The average Bonchev–Trinajstić information content (AvgIpc) is 3.69. The summed E-state index contributed by atoms with van der Waals surface area (Å²) in [7, 11) is 1.09. The lowest BCUT2D eigenvalue weighted by Crippen LogP contribution is -2.44. The van der Waals surface area contributed by atoms with E-state index in [1.54, 1.807) is 12.4 Å². The summed E-state index contributed by atoms with van der Waals surface area (Å²) in [5, 5.41) is 3.27. The zero-order valence-electron chi connectivity index (χ0n) is 20.2. The summed E-state index contributed by atoms with van der Waals surface area (Å²) in [6.07, 6.45) is -0.460. The first-order valence-electron chi connectivity index (χ1n) is 12.4. The van der Waals surface area contributed by atoms with Crippen LogP contribution in [-0.4, -0.2) is 39.9 Å². The molecule has 2 aromatic heterocycles. The second-order valence-corrected chi connectivity index (χ2v) is 10.0. The van der Waals surface area contributed by atoms with Crippen LogP contribution in [0.15, 0.2) is 48.8 Å². The predicted molar refractivity (Wildman–Crippen MR) is 130 cm³/mol. The van der Waals surface area contributed by atoms with E-state index in [-0.39, 0.29) is 18.4 Å².